The van der Waals surface area contributed by atoms with Gasteiger partial charge in [-0.1, -0.05) is 6.92 Å². The second-order valence-corrected chi connectivity index (χ2v) is 4.46. The molecule has 0 aromatic rings. The van der Waals surface area contributed by atoms with Crippen molar-refractivity contribution in [1.82, 2.24) is 10.6 Å². The normalized spacial score (nSPS) is 31.6. The van der Waals surface area contributed by atoms with Crippen LogP contribution in [0, 0.1) is 5.92 Å². The quantitative estimate of drug-likeness (QED) is 0.696. The minimum absolute atomic E-state index is 0.685. The van der Waals surface area contributed by atoms with Gasteiger partial charge in [-0.3, -0.25) is 0 Å². The Morgan fingerprint density at radius 3 is 2.92 bits per heavy atom. The van der Waals surface area contributed by atoms with E-state index in [2.05, 4.69) is 31.4 Å². The predicted molar refractivity (Wildman–Crippen MR) is 57.9 cm³/mol. The summed E-state index contributed by atoms with van der Waals surface area (Å²) in [6, 6.07) is 1.41. The zero-order chi connectivity index (χ0) is 9.68. The standard InChI is InChI=1S/C11H24N2/c1-4-9(2)13-8-11-5-6-12-10(3)7-11/h9-13H,4-8H2,1-3H3. The van der Waals surface area contributed by atoms with Gasteiger partial charge in [-0.15, -0.1) is 0 Å². The molecule has 1 heterocycles. The third-order valence-electron chi connectivity index (χ3n) is 3.10. The lowest BCUT2D eigenvalue weighted by Crippen LogP contribution is -2.40. The fourth-order valence-electron chi connectivity index (χ4n) is 1.93. The van der Waals surface area contributed by atoms with E-state index in [1.165, 1.54) is 32.4 Å². The molecule has 0 aromatic carbocycles. The van der Waals surface area contributed by atoms with Gasteiger partial charge in [0.2, 0.25) is 0 Å². The molecule has 1 aliphatic heterocycles. The SMILES string of the molecule is CCC(C)NCC1CCNC(C)C1. The molecule has 0 bridgehead atoms. The average Bonchev–Trinajstić information content (AvgIpc) is 2.14. The maximum absolute atomic E-state index is 3.59. The van der Waals surface area contributed by atoms with Crippen LogP contribution in [-0.4, -0.2) is 25.2 Å². The molecule has 2 nitrogen and oxygen atoms in total. The van der Waals surface area contributed by atoms with E-state index in [1.807, 2.05) is 0 Å². The van der Waals surface area contributed by atoms with Crippen LogP contribution in [-0.2, 0) is 0 Å². The van der Waals surface area contributed by atoms with Gasteiger partial charge in [0.05, 0.1) is 0 Å². The predicted octanol–water partition coefficient (Wildman–Crippen LogP) is 1.76. The van der Waals surface area contributed by atoms with Crippen LogP contribution >= 0.6 is 0 Å². The van der Waals surface area contributed by atoms with Crippen LogP contribution in [0.25, 0.3) is 0 Å². The largest absolute Gasteiger partial charge is 0.314 e. The monoisotopic (exact) mass is 184 g/mol. The van der Waals surface area contributed by atoms with Crippen molar-refractivity contribution >= 4 is 0 Å². The summed E-state index contributed by atoms with van der Waals surface area (Å²) in [5.74, 6) is 0.894. The third kappa shape index (κ3) is 4.10. The number of hydrogen-bond acceptors (Lipinski definition) is 2. The van der Waals surface area contributed by atoms with Gasteiger partial charge in [0.25, 0.3) is 0 Å². The summed E-state index contributed by atoms with van der Waals surface area (Å²) >= 11 is 0. The van der Waals surface area contributed by atoms with Crippen molar-refractivity contribution < 1.29 is 0 Å². The Balaban J connectivity index is 2.13. The summed E-state index contributed by atoms with van der Waals surface area (Å²) in [5, 5.41) is 7.08. The van der Waals surface area contributed by atoms with Gasteiger partial charge in [0.1, 0.15) is 0 Å². The van der Waals surface area contributed by atoms with Crippen LogP contribution in [0.3, 0.4) is 0 Å². The zero-order valence-corrected chi connectivity index (χ0v) is 9.27. The molecule has 1 saturated heterocycles. The molecule has 13 heavy (non-hydrogen) atoms. The highest BCUT2D eigenvalue weighted by molar-refractivity contribution is 4.77. The van der Waals surface area contributed by atoms with Crippen molar-refractivity contribution in [2.75, 3.05) is 13.1 Å². The van der Waals surface area contributed by atoms with Crippen LogP contribution in [0.4, 0.5) is 0 Å². The van der Waals surface area contributed by atoms with Crippen LogP contribution in [0.2, 0.25) is 0 Å². The van der Waals surface area contributed by atoms with Gasteiger partial charge in [-0.2, -0.15) is 0 Å². The molecular formula is C11H24N2. The van der Waals surface area contributed by atoms with Crippen molar-refractivity contribution in [2.45, 2.75) is 52.1 Å². The van der Waals surface area contributed by atoms with Crippen LogP contribution < -0.4 is 10.6 Å². The van der Waals surface area contributed by atoms with E-state index in [1.54, 1.807) is 0 Å². The Morgan fingerprint density at radius 1 is 1.54 bits per heavy atom. The topological polar surface area (TPSA) is 24.1 Å². The van der Waals surface area contributed by atoms with Gasteiger partial charge in [0, 0.05) is 12.1 Å². The molecule has 0 aliphatic carbocycles. The van der Waals surface area contributed by atoms with Crippen molar-refractivity contribution in [1.29, 1.82) is 0 Å². The second-order valence-electron chi connectivity index (χ2n) is 4.46. The first kappa shape index (κ1) is 11.0. The van der Waals surface area contributed by atoms with Gasteiger partial charge in [-0.05, 0) is 52.1 Å². The van der Waals surface area contributed by atoms with Crippen LogP contribution in [0.1, 0.15) is 40.0 Å². The molecule has 0 saturated carbocycles. The van der Waals surface area contributed by atoms with E-state index in [4.69, 9.17) is 0 Å². The molecule has 0 radical (unpaired) electrons. The second kappa shape index (κ2) is 5.61. The summed E-state index contributed by atoms with van der Waals surface area (Å²) in [6.45, 7) is 9.21. The van der Waals surface area contributed by atoms with Gasteiger partial charge < -0.3 is 10.6 Å². The van der Waals surface area contributed by atoms with Gasteiger partial charge in [-0.25, -0.2) is 0 Å². The van der Waals surface area contributed by atoms with E-state index in [0.717, 1.165) is 12.0 Å². The Bertz CT molecular complexity index is 136. The number of nitrogens with one attached hydrogen (secondary N) is 2. The lowest BCUT2D eigenvalue weighted by molar-refractivity contribution is 0.296. The highest BCUT2D eigenvalue weighted by atomic mass is 14.9. The number of hydrogen-bond donors (Lipinski definition) is 2. The molecule has 1 fully saturated rings. The summed E-state index contributed by atoms with van der Waals surface area (Å²) in [4.78, 5) is 0. The lowest BCUT2D eigenvalue weighted by atomic mass is 9.93. The van der Waals surface area contributed by atoms with Crippen LogP contribution in [0.5, 0.6) is 0 Å². The summed E-state index contributed by atoms with van der Waals surface area (Å²) in [6.07, 6.45) is 3.91. The molecule has 78 valence electrons. The first-order valence-electron chi connectivity index (χ1n) is 5.69. The van der Waals surface area contributed by atoms with E-state index < -0.39 is 0 Å². The molecule has 0 spiro atoms. The highest BCUT2D eigenvalue weighted by Gasteiger charge is 2.17. The molecule has 0 amide bonds. The van der Waals surface area contributed by atoms with E-state index >= 15 is 0 Å². The smallest absolute Gasteiger partial charge is 0.00418 e. The molecular weight excluding hydrogens is 160 g/mol. The molecule has 2 heteroatoms. The van der Waals surface area contributed by atoms with Gasteiger partial charge >= 0.3 is 0 Å². The number of rotatable bonds is 4. The zero-order valence-electron chi connectivity index (χ0n) is 9.27. The molecule has 3 atom stereocenters. The minimum atomic E-state index is 0.685. The Hall–Kier alpha value is -0.0800. The molecule has 3 unspecified atom stereocenters. The highest BCUT2D eigenvalue weighted by Crippen LogP contribution is 2.14. The lowest BCUT2D eigenvalue weighted by Gasteiger charge is -2.29. The third-order valence-corrected chi connectivity index (χ3v) is 3.10. The fraction of sp³-hybridized carbons (Fsp3) is 1.00. The molecule has 0 aromatic heterocycles. The number of piperidine rings is 1. The Labute approximate surface area is 82.5 Å². The average molecular weight is 184 g/mol. The first-order chi connectivity index (χ1) is 6.22. The Morgan fingerprint density at radius 2 is 2.31 bits per heavy atom. The first-order valence-corrected chi connectivity index (χ1v) is 5.69. The summed E-state index contributed by atoms with van der Waals surface area (Å²) in [7, 11) is 0. The minimum Gasteiger partial charge on any atom is -0.314 e. The fourth-order valence-corrected chi connectivity index (χ4v) is 1.93. The van der Waals surface area contributed by atoms with Crippen molar-refractivity contribution in [2.24, 2.45) is 5.92 Å². The molecule has 1 aliphatic rings. The van der Waals surface area contributed by atoms with Crippen molar-refractivity contribution in [3.63, 3.8) is 0 Å². The Kier molecular flexibility index (Phi) is 4.74. The van der Waals surface area contributed by atoms with E-state index in [-0.39, 0.29) is 0 Å². The summed E-state index contributed by atoms with van der Waals surface area (Å²) in [5.41, 5.74) is 0. The van der Waals surface area contributed by atoms with Crippen molar-refractivity contribution in [3.8, 4) is 0 Å². The summed E-state index contributed by atoms with van der Waals surface area (Å²) < 4.78 is 0. The van der Waals surface area contributed by atoms with Gasteiger partial charge in [0.15, 0.2) is 0 Å². The molecule has 1 rings (SSSR count). The maximum atomic E-state index is 3.59. The van der Waals surface area contributed by atoms with E-state index in [9.17, 15) is 0 Å². The van der Waals surface area contributed by atoms with Crippen molar-refractivity contribution in [3.05, 3.63) is 0 Å². The maximum Gasteiger partial charge on any atom is 0.00418 e. The molecule has 2 N–H and O–H groups in total. The van der Waals surface area contributed by atoms with E-state index in [0.29, 0.717) is 6.04 Å². The van der Waals surface area contributed by atoms with Crippen LogP contribution in [0.15, 0.2) is 0 Å².